The van der Waals surface area contributed by atoms with Crippen molar-refractivity contribution in [1.82, 2.24) is 5.32 Å². The van der Waals surface area contributed by atoms with Gasteiger partial charge in [-0.2, -0.15) is 0 Å². The Balaban J connectivity index is 1.90. The molecule has 556 valence electrons. The third kappa shape index (κ3) is 61.0. The van der Waals surface area contributed by atoms with Gasteiger partial charge in [0.2, 0.25) is 5.91 Å². The van der Waals surface area contributed by atoms with E-state index in [0.29, 0.717) is 19.4 Å². The normalized spacial score (nSPS) is 17.7. The van der Waals surface area contributed by atoms with Crippen molar-refractivity contribution in [2.24, 2.45) is 0 Å². The molecule has 1 aliphatic heterocycles. The Morgan fingerprint density at radius 1 is 0.389 bits per heavy atom. The van der Waals surface area contributed by atoms with E-state index in [2.05, 4.69) is 67.8 Å². The third-order valence-electron chi connectivity index (χ3n) is 19.3. The van der Waals surface area contributed by atoms with Gasteiger partial charge < -0.3 is 45.1 Å². The number of allylic oxidation sites excluding steroid dienone is 9. The Hall–Kier alpha value is -2.64. The largest absolute Gasteiger partial charge is 0.466 e. The van der Waals surface area contributed by atoms with Crippen LogP contribution in [-0.4, -0.2) is 100 Å². The molecule has 1 saturated heterocycles. The zero-order valence-electron chi connectivity index (χ0n) is 62.1. The summed E-state index contributed by atoms with van der Waals surface area (Å²) in [5.41, 5.74) is 0. The fourth-order valence-corrected chi connectivity index (χ4v) is 12.9. The van der Waals surface area contributed by atoms with Crippen LogP contribution >= 0.6 is 0 Å². The summed E-state index contributed by atoms with van der Waals surface area (Å²) in [5, 5.41) is 54.6. The maximum atomic E-state index is 13.1. The molecule has 6 N–H and O–H groups in total. The molecule has 0 aliphatic carbocycles. The van der Waals surface area contributed by atoms with Gasteiger partial charge in [-0.1, -0.05) is 351 Å². The summed E-state index contributed by atoms with van der Waals surface area (Å²) in [4.78, 5) is 25.2. The van der Waals surface area contributed by atoms with Gasteiger partial charge in [0, 0.05) is 12.8 Å². The smallest absolute Gasteiger partial charge is 0.305 e. The highest BCUT2D eigenvalue weighted by Gasteiger charge is 2.44. The van der Waals surface area contributed by atoms with Crippen LogP contribution in [0.25, 0.3) is 0 Å². The first-order valence-electron chi connectivity index (χ1n) is 41.1. The van der Waals surface area contributed by atoms with Crippen molar-refractivity contribution in [3.8, 4) is 0 Å². The summed E-state index contributed by atoms with van der Waals surface area (Å²) >= 11 is 0. The fourth-order valence-electron chi connectivity index (χ4n) is 12.9. The number of unbranched alkanes of at least 4 members (excludes halogenated alkanes) is 51. The molecule has 0 aromatic rings. The van der Waals surface area contributed by atoms with Gasteiger partial charge in [0.15, 0.2) is 6.29 Å². The Morgan fingerprint density at radius 3 is 1.08 bits per heavy atom. The number of carbonyl (C=O) groups excluding carboxylic acids is 2. The van der Waals surface area contributed by atoms with E-state index in [-0.39, 0.29) is 18.5 Å². The summed E-state index contributed by atoms with van der Waals surface area (Å²) < 4.78 is 16.8. The highest BCUT2D eigenvalue weighted by molar-refractivity contribution is 5.76. The molecule has 1 fully saturated rings. The molecule has 0 radical (unpaired) electrons. The van der Waals surface area contributed by atoms with E-state index in [1.165, 1.54) is 302 Å². The number of hydrogen-bond acceptors (Lipinski definition) is 10. The summed E-state index contributed by atoms with van der Waals surface area (Å²) in [6, 6.07) is -0.808. The molecule has 11 heteroatoms. The van der Waals surface area contributed by atoms with E-state index >= 15 is 0 Å². The van der Waals surface area contributed by atoms with Crippen molar-refractivity contribution in [3.63, 3.8) is 0 Å². The van der Waals surface area contributed by atoms with Crippen LogP contribution in [0.2, 0.25) is 0 Å². The summed E-state index contributed by atoms with van der Waals surface area (Å²) in [6.07, 6.45) is 88.3. The molecule has 1 rings (SSSR count). The van der Waals surface area contributed by atoms with Crippen LogP contribution in [0.4, 0.5) is 0 Å². The number of ether oxygens (including phenoxy) is 3. The molecule has 0 saturated carbocycles. The van der Waals surface area contributed by atoms with Crippen LogP contribution in [0.3, 0.4) is 0 Å². The zero-order valence-corrected chi connectivity index (χ0v) is 62.1. The Morgan fingerprint density at radius 2 is 0.705 bits per heavy atom. The summed E-state index contributed by atoms with van der Waals surface area (Å²) in [5.74, 6) is -0.176. The number of nitrogens with one attached hydrogen (secondary N) is 1. The van der Waals surface area contributed by atoms with Crippen LogP contribution in [0, 0.1) is 0 Å². The van der Waals surface area contributed by atoms with E-state index in [0.717, 1.165) is 70.6 Å². The molecule has 7 unspecified atom stereocenters. The minimum Gasteiger partial charge on any atom is -0.466 e. The van der Waals surface area contributed by atoms with Crippen molar-refractivity contribution < 1.29 is 49.3 Å². The van der Waals surface area contributed by atoms with Crippen LogP contribution in [0.1, 0.15) is 399 Å². The number of amides is 1. The highest BCUT2D eigenvalue weighted by atomic mass is 16.7. The quantitative estimate of drug-likeness (QED) is 0.0195. The van der Waals surface area contributed by atoms with Gasteiger partial charge >= 0.3 is 5.97 Å². The Bertz CT molecular complexity index is 1770. The van der Waals surface area contributed by atoms with Gasteiger partial charge in [0.25, 0.3) is 0 Å². The van der Waals surface area contributed by atoms with Crippen LogP contribution < -0.4 is 5.32 Å². The van der Waals surface area contributed by atoms with Gasteiger partial charge in [0.1, 0.15) is 24.4 Å². The van der Waals surface area contributed by atoms with E-state index in [4.69, 9.17) is 14.2 Å². The number of aliphatic hydroxyl groups is 5. The monoisotopic (exact) mass is 1340 g/mol. The standard InChI is InChI=1S/C84H155NO10/c1-3-5-7-9-11-13-15-17-43-48-52-56-60-64-68-72-80(89)93-73-69-65-61-57-53-49-45-42-40-38-36-34-32-30-28-26-24-22-20-18-19-21-23-25-27-29-31-33-35-37-39-41-44-47-51-55-59-63-67-71-79(88)85-76(75-94-84-83(92)82(91)81(90)78(74-86)95-84)77(87)70-66-62-58-54-50-46-16-14-12-10-8-6-4-2/h11,13,17-19,22,24,43,66,70,76-78,81-84,86-87,90-92H,3-10,12,14-16,20-21,23,25-42,44-65,67-69,71-75H2,1-2H3,(H,85,88)/b13-11-,19-18-,24-22-,43-17-,70-66+. The van der Waals surface area contributed by atoms with Crippen molar-refractivity contribution >= 4 is 11.9 Å². The van der Waals surface area contributed by atoms with Crippen molar-refractivity contribution in [2.45, 2.75) is 442 Å². The van der Waals surface area contributed by atoms with Crippen LogP contribution in [-0.2, 0) is 23.8 Å². The molecule has 0 bridgehead atoms. The van der Waals surface area contributed by atoms with Crippen molar-refractivity contribution in [2.75, 3.05) is 19.8 Å². The van der Waals surface area contributed by atoms with Crippen LogP contribution in [0.5, 0.6) is 0 Å². The molecule has 1 aliphatic rings. The number of hydrogen-bond donors (Lipinski definition) is 6. The maximum absolute atomic E-state index is 13.1. The minimum absolute atomic E-state index is 0.000704. The van der Waals surface area contributed by atoms with Crippen LogP contribution in [0.15, 0.2) is 60.8 Å². The van der Waals surface area contributed by atoms with E-state index < -0.39 is 49.5 Å². The number of aliphatic hydroxyl groups excluding tert-OH is 5. The fraction of sp³-hybridized carbons (Fsp3) is 0.857. The zero-order chi connectivity index (χ0) is 68.6. The second-order valence-electron chi connectivity index (χ2n) is 28.5. The molecule has 0 aromatic carbocycles. The first-order valence-corrected chi connectivity index (χ1v) is 41.1. The third-order valence-corrected chi connectivity index (χ3v) is 19.3. The van der Waals surface area contributed by atoms with Gasteiger partial charge in [-0.3, -0.25) is 9.59 Å². The molecule has 0 aromatic heterocycles. The number of esters is 1. The molecular weight excluding hydrogens is 1180 g/mol. The lowest BCUT2D eigenvalue weighted by molar-refractivity contribution is -0.302. The lowest BCUT2D eigenvalue weighted by atomic mass is 9.99. The molecule has 0 spiro atoms. The molecule has 1 heterocycles. The Kier molecular flexibility index (Phi) is 69.1. The average molecular weight is 1340 g/mol. The SMILES string of the molecule is CCCCC/C=C\C/C=C\CCCCCCCC(=O)OCCCCCCCCCCCCCCCCC/C=C\C/C=C\CCCCCCCCCCCCCCCCCCCC(=O)NC(COC1OC(CO)C(O)C(O)C1O)C(O)/C=C/CCCCCCCCCCCCC. The topological polar surface area (TPSA) is 175 Å². The average Bonchev–Trinajstić information content (AvgIpc) is 0.836. The molecular formula is C84H155NO10. The predicted molar refractivity (Wildman–Crippen MR) is 403 cm³/mol. The summed E-state index contributed by atoms with van der Waals surface area (Å²) in [6.45, 7) is 4.35. The van der Waals surface area contributed by atoms with Crippen molar-refractivity contribution in [1.29, 1.82) is 0 Å². The lowest BCUT2D eigenvalue weighted by Crippen LogP contribution is -2.60. The molecule has 11 nitrogen and oxygen atoms in total. The van der Waals surface area contributed by atoms with Gasteiger partial charge in [0.05, 0.1) is 32.0 Å². The van der Waals surface area contributed by atoms with Gasteiger partial charge in [-0.05, 0) is 96.3 Å². The predicted octanol–water partition coefficient (Wildman–Crippen LogP) is 22.4. The second-order valence-corrected chi connectivity index (χ2v) is 28.5. The molecule has 7 atom stereocenters. The maximum Gasteiger partial charge on any atom is 0.305 e. The van der Waals surface area contributed by atoms with Crippen molar-refractivity contribution in [3.05, 3.63) is 60.8 Å². The van der Waals surface area contributed by atoms with Gasteiger partial charge in [-0.15, -0.1) is 0 Å². The number of carbonyl (C=O) groups is 2. The highest BCUT2D eigenvalue weighted by Crippen LogP contribution is 2.24. The summed E-state index contributed by atoms with van der Waals surface area (Å²) in [7, 11) is 0. The Labute approximate surface area is 586 Å². The minimum atomic E-state index is -1.57. The lowest BCUT2D eigenvalue weighted by Gasteiger charge is -2.40. The van der Waals surface area contributed by atoms with E-state index in [1.807, 2.05) is 6.08 Å². The second kappa shape index (κ2) is 72.6. The molecule has 1 amide bonds. The van der Waals surface area contributed by atoms with E-state index in [1.54, 1.807) is 6.08 Å². The number of rotatable bonds is 73. The van der Waals surface area contributed by atoms with E-state index in [9.17, 15) is 35.1 Å². The van der Waals surface area contributed by atoms with Gasteiger partial charge in [-0.25, -0.2) is 0 Å². The first kappa shape index (κ1) is 90.4. The molecule has 95 heavy (non-hydrogen) atoms. The first-order chi connectivity index (χ1) is 46.7.